The Hall–Kier alpha value is -0.400. The molecule has 2 aromatic carbocycles. The quantitative estimate of drug-likeness (QED) is 0.461. The zero-order valence-electron chi connectivity index (χ0n) is 9.07. The first kappa shape index (κ1) is 14.0. The molecule has 0 amide bonds. The van der Waals surface area contributed by atoms with E-state index >= 15 is 0 Å². The minimum Gasteiger partial charge on any atom is -0.506 e. The molecule has 0 saturated carbocycles. The number of phenolic OH excluding ortho intramolecular Hbond substituents is 1. The molecule has 0 unspecified atom stereocenters. The van der Waals surface area contributed by atoms with Crippen LogP contribution in [0.1, 0.15) is 5.56 Å². The summed E-state index contributed by atoms with van der Waals surface area (Å²) < 4.78 is 2.68. The van der Waals surface area contributed by atoms with E-state index in [9.17, 15) is 5.11 Å². The van der Waals surface area contributed by atoms with Crippen LogP contribution in [0.3, 0.4) is 0 Å². The Morgan fingerprint density at radius 3 is 2.61 bits per heavy atom. The van der Waals surface area contributed by atoms with Gasteiger partial charge in [-0.2, -0.15) is 0 Å². The van der Waals surface area contributed by atoms with E-state index in [-0.39, 0.29) is 5.75 Å². The molecule has 2 aromatic rings. The van der Waals surface area contributed by atoms with Gasteiger partial charge in [-0.1, -0.05) is 37.9 Å². The number of benzene rings is 2. The highest BCUT2D eigenvalue weighted by Gasteiger charge is 2.05. The molecule has 0 bridgehead atoms. The molecule has 0 aliphatic rings. The van der Waals surface area contributed by atoms with Crippen molar-refractivity contribution in [1.29, 1.82) is 0 Å². The van der Waals surface area contributed by atoms with Crippen LogP contribution in [0.15, 0.2) is 50.3 Å². The molecular formula is C13H8Br2INO. The normalized spacial score (nSPS) is 11.1. The fraction of sp³-hybridized carbons (Fsp3) is 0. The fourth-order valence-electron chi connectivity index (χ4n) is 1.38. The highest BCUT2D eigenvalue weighted by atomic mass is 127. The van der Waals surface area contributed by atoms with E-state index in [1.54, 1.807) is 6.21 Å². The highest BCUT2D eigenvalue weighted by molar-refractivity contribution is 14.1. The average molecular weight is 481 g/mol. The van der Waals surface area contributed by atoms with Gasteiger partial charge >= 0.3 is 0 Å². The topological polar surface area (TPSA) is 32.6 Å². The van der Waals surface area contributed by atoms with Gasteiger partial charge in [0.1, 0.15) is 5.75 Å². The van der Waals surface area contributed by atoms with Crippen molar-refractivity contribution in [2.75, 3.05) is 0 Å². The number of rotatable bonds is 2. The van der Waals surface area contributed by atoms with Gasteiger partial charge in [0.15, 0.2) is 0 Å². The second-order valence-corrected chi connectivity index (χ2v) is 6.56. The van der Waals surface area contributed by atoms with Gasteiger partial charge in [0.25, 0.3) is 0 Å². The first-order chi connectivity index (χ1) is 8.56. The molecule has 0 radical (unpaired) electrons. The molecule has 0 heterocycles. The van der Waals surface area contributed by atoms with Gasteiger partial charge in [-0.05, 0) is 52.9 Å². The van der Waals surface area contributed by atoms with Gasteiger partial charge in [0.2, 0.25) is 0 Å². The lowest BCUT2D eigenvalue weighted by molar-refractivity contribution is 0.470. The van der Waals surface area contributed by atoms with Gasteiger partial charge in [0.05, 0.1) is 9.26 Å². The van der Waals surface area contributed by atoms with E-state index in [0.717, 1.165) is 18.2 Å². The molecule has 2 rings (SSSR count). The Kier molecular flexibility index (Phi) is 4.80. The molecule has 0 saturated heterocycles. The predicted molar refractivity (Wildman–Crippen MR) is 89.9 cm³/mol. The number of aliphatic imine (C=N–C) groups is 1. The van der Waals surface area contributed by atoms with Crippen molar-refractivity contribution in [3.05, 3.63) is 54.5 Å². The SMILES string of the molecule is Oc1c(I)cc(Br)cc1C=Nc1cccc(Br)c1. The second-order valence-electron chi connectivity index (χ2n) is 3.56. The third kappa shape index (κ3) is 3.55. The van der Waals surface area contributed by atoms with Crippen molar-refractivity contribution in [2.24, 2.45) is 4.99 Å². The summed E-state index contributed by atoms with van der Waals surface area (Å²) in [6.45, 7) is 0. The Balaban J connectivity index is 2.34. The number of halogens is 3. The maximum atomic E-state index is 9.93. The summed E-state index contributed by atoms with van der Waals surface area (Å²) in [6.07, 6.45) is 1.66. The van der Waals surface area contributed by atoms with Crippen LogP contribution >= 0.6 is 54.5 Å². The maximum absolute atomic E-state index is 9.93. The molecule has 18 heavy (non-hydrogen) atoms. The highest BCUT2D eigenvalue weighted by Crippen LogP contribution is 2.28. The number of phenols is 1. The Bertz CT molecular complexity index is 614. The monoisotopic (exact) mass is 479 g/mol. The van der Waals surface area contributed by atoms with Crippen molar-refractivity contribution in [1.82, 2.24) is 0 Å². The maximum Gasteiger partial charge on any atom is 0.137 e. The number of hydrogen-bond acceptors (Lipinski definition) is 2. The molecule has 0 aliphatic carbocycles. The zero-order chi connectivity index (χ0) is 13.1. The van der Waals surface area contributed by atoms with Crippen molar-refractivity contribution in [2.45, 2.75) is 0 Å². The number of aromatic hydroxyl groups is 1. The van der Waals surface area contributed by atoms with Crippen molar-refractivity contribution in [3.63, 3.8) is 0 Å². The van der Waals surface area contributed by atoms with Crippen LogP contribution < -0.4 is 0 Å². The molecule has 0 fully saturated rings. The molecule has 2 nitrogen and oxygen atoms in total. The van der Waals surface area contributed by atoms with Gasteiger partial charge in [0, 0.05) is 20.7 Å². The first-order valence-electron chi connectivity index (χ1n) is 5.04. The molecule has 0 aromatic heterocycles. The van der Waals surface area contributed by atoms with Gasteiger partial charge in [-0.15, -0.1) is 0 Å². The Morgan fingerprint density at radius 1 is 1.11 bits per heavy atom. The summed E-state index contributed by atoms with van der Waals surface area (Å²) in [7, 11) is 0. The summed E-state index contributed by atoms with van der Waals surface area (Å²) in [4.78, 5) is 4.34. The summed E-state index contributed by atoms with van der Waals surface area (Å²) in [5.41, 5.74) is 1.52. The molecule has 5 heteroatoms. The van der Waals surface area contributed by atoms with Crippen LogP contribution in [-0.2, 0) is 0 Å². The van der Waals surface area contributed by atoms with E-state index in [0.29, 0.717) is 5.56 Å². The lowest BCUT2D eigenvalue weighted by Crippen LogP contribution is -1.86. The molecule has 0 spiro atoms. The predicted octanol–water partition coefficient (Wildman–Crippen LogP) is 5.27. The smallest absolute Gasteiger partial charge is 0.137 e. The fourth-order valence-corrected chi connectivity index (χ4v) is 3.32. The molecular weight excluding hydrogens is 473 g/mol. The largest absolute Gasteiger partial charge is 0.506 e. The third-order valence-corrected chi connectivity index (χ3v) is 3.99. The van der Waals surface area contributed by atoms with Crippen LogP contribution in [0, 0.1) is 3.57 Å². The number of hydrogen-bond donors (Lipinski definition) is 1. The zero-order valence-corrected chi connectivity index (χ0v) is 14.4. The summed E-state index contributed by atoms with van der Waals surface area (Å²) in [6, 6.07) is 11.4. The lowest BCUT2D eigenvalue weighted by atomic mass is 10.2. The number of nitrogens with zero attached hydrogens (tertiary/aromatic N) is 1. The van der Waals surface area contributed by atoms with Crippen molar-refractivity contribution >= 4 is 66.4 Å². The van der Waals surface area contributed by atoms with Gasteiger partial charge in [-0.25, -0.2) is 0 Å². The Morgan fingerprint density at radius 2 is 1.89 bits per heavy atom. The third-order valence-electron chi connectivity index (χ3n) is 2.22. The van der Waals surface area contributed by atoms with Gasteiger partial charge < -0.3 is 5.11 Å². The van der Waals surface area contributed by atoms with E-state index in [1.807, 2.05) is 36.4 Å². The van der Waals surface area contributed by atoms with Crippen LogP contribution in [0.5, 0.6) is 5.75 Å². The van der Waals surface area contributed by atoms with E-state index in [2.05, 4.69) is 59.4 Å². The second kappa shape index (κ2) is 6.16. The van der Waals surface area contributed by atoms with E-state index in [1.165, 1.54) is 0 Å². The van der Waals surface area contributed by atoms with Crippen molar-refractivity contribution in [3.8, 4) is 5.75 Å². The average Bonchev–Trinajstić information content (AvgIpc) is 2.32. The minimum atomic E-state index is 0.248. The van der Waals surface area contributed by atoms with E-state index in [4.69, 9.17) is 0 Å². The standard InChI is InChI=1S/C13H8Br2INO/c14-9-2-1-3-11(5-9)17-7-8-4-10(15)6-12(16)13(8)18/h1-7,18H. The van der Waals surface area contributed by atoms with Crippen molar-refractivity contribution < 1.29 is 5.11 Å². The first-order valence-corrected chi connectivity index (χ1v) is 7.70. The van der Waals surface area contributed by atoms with Crippen LogP contribution in [0.4, 0.5) is 5.69 Å². The summed E-state index contributed by atoms with van der Waals surface area (Å²) in [5, 5.41) is 9.93. The summed E-state index contributed by atoms with van der Waals surface area (Å²) >= 11 is 8.88. The lowest BCUT2D eigenvalue weighted by Gasteiger charge is -2.02. The molecule has 0 atom stereocenters. The van der Waals surface area contributed by atoms with Crippen LogP contribution in [0.2, 0.25) is 0 Å². The van der Waals surface area contributed by atoms with Crippen LogP contribution in [0.25, 0.3) is 0 Å². The molecule has 1 N–H and O–H groups in total. The Labute approximate surface area is 136 Å². The minimum absolute atomic E-state index is 0.248. The van der Waals surface area contributed by atoms with Gasteiger partial charge in [-0.3, -0.25) is 4.99 Å². The molecule has 92 valence electrons. The van der Waals surface area contributed by atoms with E-state index < -0.39 is 0 Å². The summed E-state index contributed by atoms with van der Waals surface area (Å²) in [5.74, 6) is 0.248. The van der Waals surface area contributed by atoms with Crippen LogP contribution in [-0.4, -0.2) is 11.3 Å². The molecule has 0 aliphatic heterocycles.